The van der Waals surface area contributed by atoms with Gasteiger partial charge in [0.25, 0.3) is 0 Å². The van der Waals surface area contributed by atoms with Crippen molar-refractivity contribution >= 4 is 16.0 Å². The monoisotopic (exact) mass is 315 g/mol. The van der Waals surface area contributed by atoms with Crippen molar-refractivity contribution in [3.63, 3.8) is 0 Å². The lowest BCUT2D eigenvalue weighted by molar-refractivity contribution is -0.139. The van der Waals surface area contributed by atoms with Gasteiger partial charge in [-0.25, -0.2) is 13.2 Å². The number of hydrogen-bond acceptors (Lipinski definition) is 5. The van der Waals surface area contributed by atoms with Crippen molar-refractivity contribution in [3.05, 3.63) is 24.3 Å². The van der Waals surface area contributed by atoms with E-state index in [4.69, 9.17) is 9.84 Å². The van der Waals surface area contributed by atoms with E-state index >= 15 is 0 Å². The summed E-state index contributed by atoms with van der Waals surface area (Å²) in [5.74, 6) is -0.823. The summed E-state index contributed by atoms with van der Waals surface area (Å²) in [6, 6.07) is 5.52. The zero-order chi connectivity index (χ0) is 15.7. The average molecular weight is 315 g/mol. The number of aliphatic carboxylic acids is 1. The molecule has 0 bridgehead atoms. The number of carboxylic acid groups (broad SMARTS) is 1. The lowest BCUT2D eigenvalue weighted by Gasteiger charge is -2.44. The number of β-amino-alcohol motifs (C(OH)–C–C–N with tert-alkyl or cyclic N) is 1. The van der Waals surface area contributed by atoms with Crippen LogP contribution in [0.3, 0.4) is 0 Å². The molecular formula is C13H17NO6S. The minimum atomic E-state index is -3.63. The molecule has 1 aromatic carbocycles. The number of nitrogens with zero attached hydrogens (tertiary/aromatic N) is 1. The van der Waals surface area contributed by atoms with Gasteiger partial charge in [0, 0.05) is 13.1 Å². The van der Waals surface area contributed by atoms with Gasteiger partial charge in [0.1, 0.15) is 5.75 Å². The number of hydrogen-bond donors (Lipinski definition) is 2. The van der Waals surface area contributed by atoms with Crippen molar-refractivity contribution in [2.45, 2.75) is 23.8 Å². The molecule has 1 heterocycles. The van der Waals surface area contributed by atoms with E-state index in [9.17, 15) is 18.3 Å². The maximum Gasteiger partial charge on any atom is 0.341 e. The standard InChI is InChI=1S/C13H17NO6S/c1-2-13(17)8-14(9-13)21(18,19)11-5-3-10(4-6-11)20-7-12(15)16/h3-6,17H,2,7-9H2,1H3,(H,15,16). The first kappa shape index (κ1) is 15.7. The lowest BCUT2D eigenvalue weighted by Crippen LogP contribution is -2.62. The molecule has 0 radical (unpaired) electrons. The normalized spacial score (nSPS) is 18.0. The fraction of sp³-hybridized carbons (Fsp3) is 0.462. The van der Waals surface area contributed by atoms with Gasteiger partial charge in [0.15, 0.2) is 6.61 Å². The predicted molar refractivity (Wildman–Crippen MR) is 73.6 cm³/mol. The molecule has 2 rings (SSSR count). The second-order valence-corrected chi connectivity index (χ2v) is 6.94. The Hall–Kier alpha value is -1.64. The summed E-state index contributed by atoms with van der Waals surface area (Å²) in [6.07, 6.45) is 0.501. The Morgan fingerprint density at radius 2 is 1.90 bits per heavy atom. The van der Waals surface area contributed by atoms with E-state index in [0.29, 0.717) is 6.42 Å². The fourth-order valence-electron chi connectivity index (χ4n) is 2.01. The molecule has 1 aromatic rings. The van der Waals surface area contributed by atoms with Crippen molar-refractivity contribution in [2.75, 3.05) is 19.7 Å². The number of benzene rings is 1. The van der Waals surface area contributed by atoms with Gasteiger partial charge in [-0.3, -0.25) is 0 Å². The minimum Gasteiger partial charge on any atom is -0.482 e. The van der Waals surface area contributed by atoms with Gasteiger partial charge in [-0.2, -0.15) is 4.31 Å². The topological polar surface area (TPSA) is 104 Å². The highest BCUT2D eigenvalue weighted by Gasteiger charge is 2.45. The summed E-state index contributed by atoms with van der Waals surface area (Å²) in [6.45, 7) is 1.49. The van der Waals surface area contributed by atoms with Crippen molar-refractivity contribution in [1.82, 2.24) is 4.31 Å². The molecule has 0 amide bonds. The first-order chi connectivity index (χ1) is 9.77. The van der Waals surface area contributed by atoms with Crippen LogP contribution in [0.1, 0.15) is 13.3 Å². The summed E-state index contributed by atoms with van der Waals surface area (Å²) in [5.41, 5.74) is -0.933. The van der Waals surface area contributed by atoms with Gasteiger partial charge in [-0.15, -0.1) is 0 Å². The van der Waals surface area contributed by atoms with Crippen molar-refractivity contribution in [1.29, 1.82) is 0 Å². The molecule has 1 saturated heterocycles. The van der Waals surface area contributed by atoms with Gasteiger partial charge >= 0.3 is 5.97 Å². The average Bonchev–Trinajstić information content (AvgIpc) is 2.42. The summed E-state index contributed by atoms with van der Waals surface area (Å²) >= 11 is 0. The third kappa shape index (κ3) is 3.34. The first-order valence-electron chi connectivity index (χ1n) is 6.44. The number of ether oxygens (including phenoxy) is 1. The molecule has 0 unspecified atom stereocenters. The Morgan fingerprint density at radius 1 is 1.33 bits per heavy atom. The minimum absolute atomic E-state index is 0.0864. The number of sulfonamides is 1. The fourth-order valence-corrected chi connectivity index (χ4v) is 3.60. The molecule has 1 aliphatic heterocycles. The highest BCUT2D eigenvalue weighted by Crippen LogP contribution is 2.30. The Bertz CT molecular complexity index is 619. The van der Waals surface area contributed by atoms with Crippen molar-refractivity contribution < 1.29 is 28.2 Å². The molecule has 1 aliphatic rings. The third-order valence-corrected chi connectivity index (χ3v) is 5.23. The summed E-state index contributed by atoms with van der Waals surface area (Å²) in [5, 5.41) is 18.4. The first-order valence-corrected chi connectivity index (χ1v) is 7.88. The Kier molecular flexibility index (Phi) is 4.22. The van der Waals surface area contributed by atoms with Crippen LogP contribution < -0.4 is 4.74 Å². The maximum absolute atomic E-state index is 12.3. The Balaban J connectivity index is 2.06. The molecule has 0 spiro atoms. The molecule has 0 aromatic heterocycles. The van der Waals surface area contributed by atoms with E-state index in [1.54, 1.807) is 6.92 Å². The molecular weight excluding hydrogens is 298 g/mol. The zero-order valence-corrected chi connectivity index (χ0v) is 12.3. The van der Waals surface area contributed by atoms with Crippen molar-refractivity contribution in [3.8, 4) is 5.75 Å². The van der Waals surface area contributed by atoms with Crippen LogP contribution in [0, 0.1) is 0 Å². The van der Waals surface area contributed by atoms with Gasteiger partial charge in [-0.05, 0) is 30.7 Å². The highest BCUT2D eigenvalue weighted by atomic mass is 32.2. The van der Waals surface area contributed by atoms with Crippen LogP contribution in [0.4, 0.5) is 0 Å². The van der Waals surface area contributed by atoms with Gasteiger partial charge in [0.2, 0.25) is 10.0 Å². The van der Waals surface area contributed by atoms with Crippen LogP contribution in [0.2, 0.25) is 0 Å². The van der Waals surface area contributed by atoms with Gasteiger partial charge < -0.3 is 14.9 Å². The van der Waals surface area contributed by atoms with E-state index in [-0.39, 0.29) is 23.7 Å². The van der Waals surface area contributed by atoms with E-state index in [2.05, 4.69) is 0 Å². The number of rotatable bonds is 6. The van der Waals surface area contributed by atoms with E-state index in [1.165, 1.54) is 28.6 Å². The number of aliphatic hydroxyl groups is 1. The molecule has 1 fully saturated rings. The van der Waals surface area contributed by atoms with Crippen molar-refractivity contribution in [2.24, 2.45) is 0 Å². The third-order valence-electron chi connectivity index (χ3n) is 3.42. The highest BCUT2D eigenvalue weighted by molar-refractivity contribution is 7.89. The maximum atomic E-state index is 12.3. The van der Waals surface area contributed by atoms with Gasteiger partial charge in [-0.1, -0.05) is 6.92 Å². The van der Waals surface area contributed by atoms with Crippen LogP contribution in [0.25, 0.3) is 0 Å². The Labute approximate surface area is 122 Å². The molecule has 0 atom stereocenters. The summed E-state index contributed by atoms with van der Waals surface area (Å²) < 4.78 is 30.7. The molecule has 8 heteroatoms. The van der Waals surface area contributed by atoms with Gasteiger partial charge in [0.05, 0.1) is 10.5 Å². The smallest absolute Gasteiger partial charge is 0.341 e. The van der Waals surface area contributed by atoms with Crippen LogP contribution in [-0.2, 0) is 14.8 Å². The van der Waals surface area contributed by atoms with E-state index in [0.717, 1.165) is 0 Å². The Morgan fingerprint density at radius 3 is 2.38 bits per heavy atom. The number of carboxylic acids is 1. The van der Waals surface area contributed by atoms with Crippen LogP contribution in [0.15, 0.2) is 29.2 Å². The van der Waals surface area contributed by atoms with E-state index < -0.39 is 28.2 Å². The predicted octanol–water partition coefficient (Wildman–Crippen LogP) is 0.295. The largest absolute Gasteiger partial charge is 0.482 e. The number of carbonyl (C=O) groups is 1. The van der Waals surface area contributed by atoms with Crippen LogP contribution in [-0.4, -0.2) is 54.2 Å². The molecule has 21 heavy (non-hydrogen) atoms. The SMILES string of the molecule is CCC1(O)CN(S(=O)(=O)c2ccc(OCC(=O)O)cc2)C1. The lowest BCUT2D eigenvalue weighted by atomic mass is 9.94. The summed E-state index contributed by atoms with van der Waals surface area (Å²) in [7, 11) is -3.63. The molecule has 116 valence electrons. The zero-order valence-electron chi connectivity index (χ0n) is 11.5. The second kappa shape index (κ2) is 5.63. The molecule has 0 saturated carbocycles. The van der Waals surface area contributed by atoms with Crippen LogP contribution >= 0.6 is 0 Å². The second-order valence-electron chi connectivity index (χ2n) is 5.00. The molecule has 2 N–H and O–H groups in total. The quantitative estimate of drug-likeness (QED) is 0.782. The molecule has 0 aliphatic carbocycles. The summed E-state index contributed by atoms with van der Waals surface area (Å²) in [4.78, 5) is 10.5. The van der Waals surface area contributed by atoms with Crippen LogP contribution in [0.5, 0.6) is 5.75 Å². The molecule has 7 nitrogen and oxygen atoms in total. The van der Waals surface area contributed by atoms with E-state index in [1.807, 2.05) is 0 Å².